The van der Waals surface area contributed by atoms with Gasteiger partial charge in [-0.05, 0) is 24.6 Å². The van der Waals surface area contributed by atoms with Crippen LogP contribution in [0.5, 0.6) is 0 Å². The number of benzene rings is 1. The van der Waals surface area contributed by atoms with Gasteiger partial charge in [0.2, 0.25) is 0 Å². The third-order valence-electron chi connectivity index (χ3n) is 2.44. The maximum atomic E-state index is 5.80. The van der Waals surface area contributed by atoms with Gasteiger partial charge in [-0.25, -0.2) is 0 Å². The van der Waals surface area contributed by atoms with Crippen LogP contribution < -0.4 is 5.73 Å². The van der Waals surface area contributed by atoms with E-state index in [2.05, 4.69) is 34.6 Å². The van der Waals surface area contributed by atoms with Gasteiger partial charge in [0.15, 0.2) is 0 Å². The number of hydrogen-bond acceptors (Lipinski definition) is 4. The van der Waals surface area contributed by atoms with E-state index >= 15 is 0 Å². The highest BCUT2D eigenvalue weighted by Crippen LogP contribution is 2.23. The van der Waals surface area contributed by atoms with Crippen LogP contribution in [0.3, 0.4) is 0 Å². The van der Waals surface area contributed by atoms with Crippen molar-refractivity contribution in [3.05, 3.63) is 41.7 Å². The van der Waals surface area contributed by atoms with Crippen molar-refractivity contribution in [1.29, 1.82) is 0 Å². The molecule has 90 valence electrons. The van der Waals surface area contributed by atoms with Gasteiger partial charge in [-0.2, -0.15) is 0 Å². The second-order valence-electron chi connectivity index (χ2n) is 4.03. The molecule has 0 radical (unpaired) electrons. The molecule has 2 rings (SSSR count). The molecule has 1 aromatic heterocycles. The molecule has 4 nitrogen and oxygen atoms in total. The molecule has 0 spiro atoms. The van der Waals surface area contributed by atoms with E-state index in [4.69, 9.17) is 5.73 Å². The first-order valence-electron chi connectivity index (χ1n) is 5.48. The highest BCUT2D eigenvalue weighted by molar-refractivity contribution is 7.98. The zero-order valence-electron chi connectivity index (χ0n) is 10.00. The van der Waals surface area contributed by atoms with Gasteiger partial charge in [0.05, 0.1) is 5.69 Å². The van der Waals surface area contributed by atoms with E-state index in [-0.39, 0.29) is 6.04 Å². The molecule has 5 heteroatoms. The van der Waals surface area contributed by atoms with Crippen LogP contribution in [0.25, 0.3) is 0 Å². The summed E-state index contributed by atoms with van der Waals surface area (Å²) >= 11 is 1.75. The Balaban J connectivity index is 1.95. The van der Waals surface area contributed by atoms with Crippen LogP contribution in [0.1, 0.15) is 24.2 Å². The molecule has 0 fully saturated rings. The number of nitrogens with zero attached hydrogens (tertiary/aromatic N) is 3. The van der Waals surface area contributed by atoms with Crippen molar-refractivity contribution in [2.24, 2.45) is 12.8 Å². The van der Waals surface area contributed by atoms with Gasteiger partial charge in [0.1, 0.15) is 0 Å². The fourth-order valence-corrected chi connectivity index (χ4v) is 2.26. The lowest BCUT2D eigenvalue weighted by molar-refractivity contribution is 0.714. The normalized spacial score (nSPS) is 12.6. The Morgan fingerprint density at radius 3 is 2.59 bits per heavy atom. The highest BCUT2D eigenvalue weighted by Gasteiger charge is 2.02. The molecule has 0 aliphatic rings. The van der Waals surface area contributed by atoms with Crippen LogP contribution in [0.4, 0.5) is 0 Å². The van der Waals surface area contributed by atoms with Crippen molar-refractivity contribution in [2.75, 3.05) is 0 Å². The second kappa shape index (κ2) is 5.33. The summed E-state index contributed by atoms with van der Waals surface area (Å²) in [4.78, 5) is 1.22. The molecule has 1 heterocycles. The summed E-state index contributed by atoms with van der Waals surface area (Å²) in [6.45, 7) is 1.99. The van der Waals surface area contributed by atoms with Gasteiger partial charge in [0, 0.05) is 29.9 Å². The minimum Gasteiger partial charge on any atom is -0.324 e. The Hall–Kier alpha value is -1.33. The number of nitrogens with two attached hydrogens (primary N) is 1. The number of rotatable bonds is 4. The van der Waals surface area contributed by atoms with E-state index in [0.717, 1.165) is 17.0 Å². The minimum atomic E-state index is 0.0917. The van der Waals surface area contributed by atoms with E-state index in [9.17, 15) is 0 Å². The molecule has 0 saturated heterocycles. The maximum Gasteiger partial charge on any atom is 0.0929 e. The van der Waals surface area contributed by atoms with Crippen molar-refractivity contribution < 1.29 is 0 Å². The molecule has 0 amide bonds. The first-order chi connectivity index (χ1) is 8.15. The molecular formula is C12H16N4S. The fraction of sp³-hybridized carbons (Fsp3) is 0.333. The van der Waals surface area contributed by atoms with Gasteiger partial charge >= 0.3 is 0 Å². The molecule has 2 N–H and O–H groups in total. The lowest BCUT2D eigenvalue weighted by Gasteiger charge is -2.06. The van der Waals surface area contributed by atoms with Crippen LogP contribution in [0, 0.1) is 0 Å². The summed E-state index contributed by atoms with van der Waals surface area (Å²) < 4.78 is 1.72. The predicted octanol–water partition coefficient (Wildman–Crippen LogP) is 2.13. The van der Waals surface area contributed by atoms with Crippen molar-refractivity contribution in [3.63, 3.8) is 0 Å². The van der Waals surface area contributed by atoms with Gasteiger partial charge in [-0.3, -0.25) is 4.68 Å². The number of hydrogen-bond donors (Lipinski definition) is 1. The standard InChI is InChI=1S/C12H16N4S/c1-9(13)10-3-5-12(6-4-10)17-8-11-7-16(2)15-14-11/h3-7,9H,8,13H2,1-2H3. The lowest BCUT2D eigenvalue weighted by Crippen LogP contribution is -2.04. The highest BCUT2D eigenvalue weighted by atomic mass is 32.2. The van der Waals surface area contributed by atoms with E-state index < -0.39 is 0 Å². The molecule has 1 aromatic carbocycles. The third-order valence-corrected chi connectivity index (χ3v) is 3.49. The summed E-state index contributed by atoms with van der Waals surface area (Å²) in [5.41, 5.74) is 7.96. The zero-order chi connectivity index (χ0) is 12.3. The molecule has 17 heavy (non-hydrogen) atoms. The van der Waals surface area contributed by atoms with Crippen molar-refractivity contribution in [3.8, 4) is 0 Å². The maximum absolute atomic E-state index is 5.80. The van der Waals surface area contributed by atoms with Crippen molar-refractivity contribution >= 4 is 11.8 Å². The van der Waals surface area contributed by atoms with Crippen LogP contribution in [-0.4, -0.2) is 15.0 Å². The first kappa shape index (κ1) is 12.1. The van der Waals surface area contributed by atoms with E-state index in [1.165, 1.54) is 4.90 Å². The molecule has 1 unspecified atom stereocenters. The van der Waals surface area contributed by atoms with Crippen LogP contribution in [0.15, 0.2) is 35.4 Å². The third kappa shape index (κ3) is 3.31. The molecular weight excluding hydrogens is 232 g/mol. The zero-order valence-corrected chi connectivity index (χ0v) is 10.8. The summed E-state index contributed by atoms with van der Waals surface area (Å²) in [6.07, 6.45) is 1.93. The Bertz CT molecular complexity index is 476. The summed E-state index contributed by atoms with van der Waals surface area (Å²) in [6, 6.07) is 8.43. The largest absolute Gasteiger partial charge is 0.324 e. The molecule has 2 aromatic rings. The fourth-order valence-electron chi connectivity index (χ4n) is 1.49. The number of aromatic nitrogens is 3. The van der Waals surface area contributed by atoms with Crippen molar-refractivity contribution in [2.45, 2.75) is 23.6 Å². The monoisotopic (exact) mass is 248 g/mol. The quantitative estimate of drug-likeness (QED) is 0.842. The average molecular weight is 248 g/mol. The SMILES string of the molecule is CC(N)c1ccc(SCc2cn(C)nn2)cc1. The average Bonchev–Trinajstić information content (AvgIpc) is 2.73. The predicted molar refractivity (Wildman–Crippen MR) is 69.6 cm³/mol. The Morgan fingerprint density at radius 1 is 1.35 bits per heavy atom. The van der Waals surface area contributed by atoms with Crippen LogP contribution in [0.2, 0.25) is 0 Å². The van der Waals surface area contributed by atoms with E-state index in [1.807, 2.05) is 20.2 Å². The second-order valence-corrected chi connectivity index (χ2v) is 5.08. The lowest BCUT2D eigenvalue weighted by atomic mass is 10.1. The Kier molecular flexibility index (Phi) is 3.81. The Morgan fingerprint density at radius 2 is 2.06 bits per heavy atom. The van der Waals surface area contributed by atoms with E-state index in [1.54, 1.807) is 16.4 Å². The molecule has 0 saturated carbocycles. The van der Waals surface area contributed by atoms with Crippen LogP contribution in [-0.2, 0) is 12.8 Å². The van der Waals surface area contributed by atoms with Gasteiger partial charge in [0.25, 0.3) is 0 Å². The number of aryl methyl sites for hydroxylation is 1. The van der Waals surface area contributed by atoms with Gasteiger partial charge in [-0.1, -0.05) is 17.3 Å². The minimum absolute atomic E-state index is 0.0917. The molecule has 0 aliphatic carbocycles. The van der Waals surface area contributed by atoms with Gasteiger partial charge < -0.3 is 5.73 Å². The number of thioether (sulfide) groups is 1. The van der Waals surface area contributed by atoms with E-state index in [0.29, 0.717) is 0 Å². The van der Waals surface area contributed by atoms with Crippen molar-refractivity contribution in [1.82, 2.24) is 15.0 Å². The smallest absolute Gasteiger partial charge is 0.0929 e. The molecule has 0 bridgehead atoms. The molecule has 0 aliphatic heterocycles. The first-order valence-corrected chi connectivity index (χ1v) is 6.47. The molecule has 1 atom stereocenters. The summed E-state index contributed by atoms with van der Waals surface area (Å²) in [7, 11) is 1.87. The van der Waals surface area contributed by atoms with Crippen LogP contribution >= 0.6 is 11.8 Å². The topological polar surface area (TPSA) is 56.7 Å². The van der Waals surface area contributed by atoms with Gasteiger partial charge in [-0.15, -0.1) is 16.9 Å². The summed E-state index contributed by atoms with van der Waals surface area (Å²) in [5, 5.41) is 7.95. The summed E-state index contributed by atoms with van der Waals surface area (Å²) in [5.74, 6) is 0.839. The Labute approximate surface area is 105 Å².